The molecule has 1 aliphatic heterocycles. The molecule has 0 radical (unpaired) electrons. The second-order valence-electron chi connectivity index (χ2n) is 5.00. The van der Waals surface area contributed by atoms with E-state index in [9.17, 15) is 27.9 Å². The van der Waals surface area contributed by atoms with Crippen molar-refractivity contribution in [3.8, 4) is 0 Å². The lowest BCUT2D eigenvalue weighted by Crippen LogP contribution is -2.57. The van der Waals surface area contributed by atoms with Gasteiger partial charge in [-0.3, -0.25) is 4.79 Å². The molecule has 1 aliphatic rings. The van der Waals surface area contributed by atoms with Gasteiger partial charge in [0.2, 0.25) is 5.91 Å². The van der Waals surface area contributed by atoms with Gasteiger partial charge in [-0.2, -0.15) is 13.2 Å². The molecular formula is C14H14F3NO4. The van der Waals surface area contributed by atoms with Gasteiger partial charge in [-0.15, -0.1) is 0 Å². The van der Waals surface area contributed by atoms with E-state index in [4.69, 9.17) is 4.74 Å². The fourth-order valence-corrected chi connectivity index (χ4v) is 2.46. The Morgan fingerprint density at radius 1 is 1.41 bits per heavy atom. The first-order chi connectivity index (χ1) is 10.2. The highest BCUT2D eigenvalue weighted by Gasteiger charge is 2.41. The number of likely N-dealkylation sites (N-methyl/N-ethyl adjacent to an activating group) is 1. The van der Waals surface area contributed by atoms with Crippen molar-refractivity contribution in [3.63, 3.8) is 0 Å². The van der Waals surface area contributed by atoms with Gasteiger partial charge in [0.1, 0.15) is 6.61 Å². The van der Waals surface area contributed by atoms with E-state index in [0.29, 0.717) is 0 Å². The normalized spacial score (nSPS) is 22.7. The van der Waals surface area contributed by atoms with Crippen LogP contribution in [0.2, 0.25) is 0 Å². The van der Waals surface area contributed by atoms with Crippen molar-refractivity contribution in [1.29, 1.82) is 0 Å². The zero-order chi connectivity index (χ0) is 16.5. The van der Waals surface area contributed by atoms with Crippen LogP contribution in [0.3, 0.4) is 0 Å². The summed E-state index contributed by atoms with van der Waals surface area (Å²) in [5.41, 5.74) is -0.892. The topological polar surface area (TPSA) is 66.8 Å². The Morgan fingerprint density at radius 3 is 2.64 bits per heavy atom. The molecular weight excluding hydrogens is 303 g/mol. The number of rotatable bonds is 3. The molecule has 2 rings (SSSR count). The molecule has 0 saturated carbocycles. The number of ether oxygens (including phenoxy) is 1. The van der Waals surface area contributed by atoms with E-state index in [1.54, 1.807) is 0 Å². The predicted molar refractivity (Wildman–Crippen MR) is 69.1 cm³/mol. The van der Waals surface area contributed by atoms with E-state index in [0.717, 1.165) is 11.0 Å². The largest absolute Gasteiger partial charge is 0.480 e. The molecule has 1 saturated heterocycles. The summed E-state index contributed by atoms with van der Waals surface area (Å²) >= 11 is 0. The second kappa shape index (κ2) is 5.96. The number of carbonyl (C=O) groups excluding carboxylic acids is 1. The summed E-state index contributed by atoms with van der Waals surface area (Å²) in [6.45, 7) is -0.348. The number of nitrogens with zero attached hydrogens (tertiary/aromatic N) is 1. The van der Waals surface area contributed by atoms with E-state index in [-0.39, 0.29) is 18.6 Å². The minimum absolute atomic E-state index is 0.0611. The van der Waals surface area contributed by atoms with Crippen molar-refractivity contribution < 1.29 is 32.6 Å². The zero-order valence-corrected chi connectivity index (χ0v) is 11.6. The standard InChI is InChI=1S/C14H14F3NO4/c1-18-11(19)7-22-10(12(18)13(20)21)6-8-4-2-3-5-9(8)14(15,16)17/h2-5,10,12H,6-7H2,1H3,(H,20,21). The van der Waals surface area contributed by atoms with Gasteiger partial charge in [-0.1, -0.05) is 18.2 Å². The SMILES string of the molecule is CN1C(=O)COC(Cc2ccccc2C(F)(F)F)C1C(=O)O. The third kappa shape index (κ3) is 3.22. The Balaban J connectivity index is 2.30. The summed E-state index contributed by atoms with van der Waals surface area (Å²) in [5.74, 6) is -1.84. The first-order valence-corrected chi connectivity index (χ1v) is 6.47. The molecule has 1 N–H and O–H groups in total. The van der Waals surface area contributed by atoms with Crippen LogP contribution in [0.4, 0.5) is 13.2 Å². The van der Waals surface area contributed by atoms with Gasteiger partial charge in [0.25, 0.3) is 0 Å². The Kier molecular flexibility index (Phi) is 4.41. The van der Waals surface area contributed by atoms with E-state index < -0.39 is 35.8 Å². The molecule has 8 heteroatoms. The van der Waals surface area contributed by atoms with Gasteiger partial charge in [-0.25, -0.2) is 4.79 Å². The van der Waals surface area contributed by atoms with E-state index in [1.165, 1.54) is 25.2 Å². The van der Waals surface area contributed by atoms with Crippen LogP contribution in [0.1, 0.15) is 11.1 Å². The lowest BCUT2D eigenvalue weighted by Gasteiger charge is -2.36. The second-order valence-corrected chi connectivity index (χ2v) is 5.00. The van der Waals surface area contributed by atoms with E-state index in [2.05, 4.69) is 0 Å². The Morgan fingerprint density at radius 2 is 2.05 bits per heavy atom. The molecule has 0 aromatic heterocycles. The molecule has 22 heavy (non-hydrogen) atoms. The highest BCUT2D eigenvalue weighted by molar-refractivity contribution is 5.85. The van der Waals surface area contributed by atoms with Gasteiger partial charge in [-0.05, 0) is 11.6 Å². The van der Waals surface area contributed by atoms with Crippen LogP contribution in [-0.4, -0.2) is 47.7 Å². The van der Waals surface area contributed by atoms with Crippen LogP contribution in [-0.2, 0) is 26.9 Å². The average Bonchev–Trinajstić information content (AvgIpc) is 2.42. The van der Waals surface area contributed by atoms with Gasteiger partial charge < -0.3 is 14.7 Å². The van der Waals surface area contributed by atoms with Crippen LogP contribution in [0.15, 0.2) is 24.3 Å². The van der Waals surface area contributed by atoms with Crippen LogP contribution in [0.25, 0.3) is 0 Å². The molecule has 2 unspecified atom stereocenters. The number of amides is 1. The third-order valence-corrected chi connectivity index (χ3v) is 3.58. The number of carboxylic acids is 1. The van der Waals surface area contributed by atoms with Crippen molar-refractivity contribution in [2.45, 2.75) is 24.7 Å². The number of aliphatic carboxylic acids is 1. The Bertz CT molecular complexity index is 588. The molecule has 0 bridgehead atoms. The van der Waals surface area contributed by atoms with Crippen molar-refractivity contribution >= 4 is 11.9 Å². The summed E-state index contributed by atoms with van der Waals surface area (Å²) < 4.78 is 44.1. The Labute approximate surface area is 124 Å². The average molecular weight is 317 g/mol. The molecule has 1 aromatic rings. The maximum absolute atomic E-state index is 13.0. The van der Waals surface area contributed by atoms with Crippen molar-refractivity contribution in [2.75, 3.05) is 13.7 Å². The van der Waals surface area contributed by atoms with Crippen molar-refractivity contribution in [1.82, 2.24) is 4.90 Å². The van der Waals surface area contributed by atoms with Gasteiger partial charge in [0.05, 0.1) is 11.7 Å². The molecule has 1 heterocycles. The van der Waals surface area contributed by atoms with Crippen LogP contribution >= 0.6 is 0 Å². The number of halogens is 3. The first-order valence-electron chi connectivity index (χ1n) is 6.47. The number of carbonyl (C=O) groups is 2. The fourth-order valence-electron chi connectivity index (χ4n) is 2.46. The quantitative estimate of drug-likeness (QED) is 0.919. The number of hydrogen-bond donors (Lipinski definition) is 1. The maximum Gasteiger partial charge on any atom is 0.416 e. The molecule has 0 spiro atoms. The number of carboxylic acid groups (broad SMARTS) is 1. The lowest BCUT2D eigenvalue weighted by molar-refractivity contribution is -0.169. The number of morpholine rings is 1. The van der Waals surface area contributed by atoms with Gasteiger partial charge >= 0.3 is 12.1 Å². The first kappa shape index (κ1) is 16.3. The van der Waals surface area contributed by atoms with Gasteiger partial charge in [0, 0.05) is 13.5 Å². The maximum atomic E-state index is 13.0. The third-order valence-electron chi connectivity index (χ3n) is 3.58. The smallest absolute Gasteiger partial charge is 0.416 e. The molecule has 5 nitrogen and oxygen atoms in total. The monoisotopic (exact) mass is 317 g/mol. The van der Waals surface area contributed by atoms with Crippen LogP contribution in [0, 0.1) is 0 Å². The summed E-state index contributed by atoms with van der Waals surface area (Å²) in [6.07, 6.45) is -5.82. The number of benzene rings is 1. The highest BCUT2D eigenvalue weighted by atomic mass is 19.4. The summed E-state index contributed by atoms with van der Waals surface area (Å²) in [5, 5.41) is 9.21. The predicted octanol–water partition coefficient (Wildman–Crippen LogP) is 1.56. The van der Waals surface area contributed by atoms with Crippen LogP contribution in [0.5, 0.6) is 0 Å². The van der Waals surface area contributed by atoms with E-state index in [1.807, 2.05) is 0 Å². The van der Waals surface area contributed by atoms with Crippen LogP contribution < -0.4 is 0 Å². The molecule has 2 atom stereocenters. The highest BCUT2D eigenvalue weighted by Crippen LogP contribution is 2.33. The minimum Gasteiger partial charge on any atom is -0.480 e. The zero-order valence-electron chi connectivity index (χ0n) is 11.6. The Hall–Kier alpha value is -2.09. The molecule has 1 aromatic carbocycles. The molecule has 1 fully saturated rings. The molecule has 1 amide bonds. The van der Waals surface area contributed by atoms with Gasteiger partial charge in [0.15, 0.2) is 6.04 Å². The summed E-state index contributed by atoms with van der Waals surface area (Å²) in [7, 11) is 1.30. The summed E-state index contributed by atoms with van der Waals surface area (Å²) in [6, 6.07) is 3.60. The molecule has 0 aliphatic carbocycles. The molecule has 120 valence electrons. The minimum atomic E-state index is -4.54. The van der Waals surface area contributed by atoms with Crippen molar-refractivity contribution in [3.05, 3.63) is 35.4 Å². The van der Waals surface area contributed by atoms with E-state index >= 15 is 0 Å². The fraction of sp³-hybridized carbons (Fsp3) is 0.429. The summed E-state index contributed by atoms with van der Waals surface area (Å²) in [4.78, 5) is 23.8. The lowest BCUT2D eigenvalue weighted by atomic mass is 9.96. The van der Waals surface area contributed by atoms with Crippen molar-refractivity contribution in [2.24, 2.45) is 0 Å². The number of hydrogen-bond acceptors (Lipinski definition) is 3. The number of alkyl halides is 3.